The molecule has 7 rings (SSSR count). The number of imidazole rings is 1. The predicted octanol–water partition coefficient (Wildman–Crippen LogP) is 4.81. The van der Waals surface area contributed by atoms with E-state index in [1.54, 1.807) is 25.2 Å². The number of carbonyl (C=O) groups excluding carboxylic acids is 1. The molecule has 10 nitrogen and oxygen atoms in total. The fourth-order valence-electron chi connectivity index (χ4n) is 8.90. The van der Waals surface area contributed by atoms with Crippen LogP contribution in [0.25, 0.3) is 0 Å². The van der Waals surface area contributed by atoms with Crippen molar-refractivity contribution in [2.75, 3.05) is 57.9 Å². The van der Waals surface area contributed by atoms with Crippen LogP contribution in [0.2, 0.25) is 0 Å². The van der Waals surface area contributed by atoms with Crippen LogP contribution >= 0.6 is 0 Å². The average molecular weight is 694 g/mol. The molecule has 0 spiro atoms. The van der Waals surface area contributed by atoms with E-state index in [4.69, 9.17) is 9.47 Å². The summed E-state index contributed by atoms with van der Waals surface area (Å²) in [6.45, 7) is 8.00. The molecule has 1 aliphatic carbocycles. The number of halogens is 1. The lowest BCUT2D eigenvalue weighted by Gasteiger charge is -2.51. The fraction of sp³-hybridized carbons (Fsp3) is 0.568. The van der Waals surface area contributed by atoms with Crippen molar-refractivity contribution in [3.05, 3.63) is 78.1 Å². The number of sulfone groups is 1. The number of carbonyl (C=O) groups is 1. The zero-order valence-electron chi connectivity index (χ0n) is 28.5. The number of nitrogens with one attached hydrogen (secondary N) is 1. The number of amides is 1. The van der Waals surface area contributed by atoms with E-state index in [1.165, 1.54) is 6.07 Å². The van der Waals surface area contributed by atoms with E-state index in [9.17, 15) is 13.2 Å². The Morgan fingerprint density at radius 3 is 2.47 bits per heavy atom. The van der Waals surface area contributed by atoms with E-state index in [0.29, 0.717) is 17.4 Å². The molecular weight excluding hydrogens is 646 g/mol. The summed E-state index contributed by atoms with van der Waals surface area (Å²) in [5.41, 5.74) is 1.58. The first-order valence-corrected chi connectivity index (χ1v) is 19.2. The van der Waals surface area contributed by atoms with Crippen molar-refractivity contribution in [3.63, 3.8) is 0 Å². The maximum absolute atomic E-state index is 15.0. The second-order valence-corrected chi connectivity index (χ2v) is 16.7. The Hall–Kier alpha value is -3.48. The van der Waals surface area contributed by atoms with Crippen LogP contribution in [0.15, 0.2) is 65.8 Å². The molecule has 3 aliphatic heterocycles. The van der Waals surface area contributed by atoms with Crippen molar-refractivity contribution in [2.45, 2.75) is 67.2 Å². The Bertz CT molecular complexity index is 1720. The van der Waals surface area contributed by atoms with Crippen LogP contribution in [0.4, 0.5) is 14.9 Å². The summed E-state index contributed by atoms with van der Waals surface area (Å²) in [5.74, 6) is 1.49. The van der Waals surface area contributed by atoms with Crippen molar-refractivity contribution < 1.29 is 27.1 Å². The maximum atomic E-state index is 15.0. The molecule has 4 aliphatic rings. The lowest BCUT2D eigenvalue weighted by molar-refractivity contribution is 0.00168. The topological polar surface area (TPSA) is 106 Å². The van der Waals surface area contributed by atoms with Gasteiger partial charge >= 0.3 is 6.09 Å². The standard InChI is InChI=1S/C37H48FN5O5S/c1-26-40-15-18-42(26)25-37(29-5-3-6-30(38)19-29,34-7-4-8-35(34)48-36(44)39-2)28-13-16-41(17-14-28)20-27-21-43(22-27)31-9-11-32(12-10-31)49(45,46)33-23-47-24-33/h3,5-6,9-12,15,18-19,27-28,33-35H,4,7-8,13-14,16-17,20-25H2,1-2H3,(H,39,44)/t34-,35-,37-/m0/s1. The number of benzene rings is 2. The van der Waals surface area contributed by atoms with Crippen molar-refractivity contribution >= 4 is 21.6 Å². The number of nitrogens with zero attached hydrogens (tertiary/aromatic N) is 4. The largest absolute Gasteiger partial charge is 0.446 e. The average Bonchev–Trinajstić information content (AvgIpc) is 3.69. The molecule has 1 saturated carbocycles. The van der Waals surface area contributed by atoms with Crippen LogP contribution in [0.1, 0.15) is 43.5 Å². The number of hydrogen-bond acceptors (Lipinski definition) is 8. The van der Waals surface area contributed by atoms with Gasteiger partial charge in [-0.3, -0.25) is 0 Å². The number of hydrogen-bond donors (Lipinski definition) is 1. The van der Waals surface area contributed by atoms with Crippen molar-refractivity contribution in [1.29, 1.82) is 0 Å². The molecule has 49 heavy (non-hydrogen) atoms. The molecule has 1 amide bonds. The van der Waals surface area contributed by atoms with Gasteiger partial charge in [0.15, 0.2) is 9.84 Å². The minimum atomic E-state index is -3.33. The SMILES string of the molecule is CNC(=O)O[C@H]1CCC[C@@H]1[C@](Cn1ccnc1C)(c1cccc(F)c1)C1CCN(CC2CN(c3ccc(S(=O)(=O)C4COC4)cc3)C2)CC1. The minimum Gasteiger partial charge on any atom is -0.446 e. The number of aromatic nitrogens is 2. The van der Waals surface area contributed by atoms with Crippen LogP contribution in [-0.4, -0.2) is 93.3 Å². The summed E-state index contributed by atoms with van der Waals surface area (Å²) in [4.78, 5) is 22.3. The van der Waals surface area contributed by atoms with Crippen molar-refractivity contribution in [3.8, 4) is 0 Å². The monoisotopic (exact) mass is 693 g/mol. The lowest BCUT2D eigenvalue weighted by atomic mass is 9.58. The van der Waals surface area contributed by atoms with Gasteiger partial charge < -0.3 is 29.2 Å². The smallest absolute Gasteiger partial charge is 0.407 e. The molecule has 3 aromatic rings. The number of piperidine rings is 1. The lowest BCUT2D eigenvalue weighted by Crippen LogP contribution is -2.55. The maximum Gasteiger partial charge on any atom is 0.407 e. The third-order valence-corrected chi connectivity index (χ3v) is 13.7. The molecule has 3 saturated heterocycles. The van der Waals surface area contributed by atoms with Crippen LogP contribution in [0.3, 0.4) is 0 Å². The normalized spacial score (nSPS) is 23.9. The van der Waals surface area contributed by atoms with E-state index in [1.807, 2.05) is 37.5 Å². The number of aryl methyl sites for hydroxylation is 1. The van der Waals surface area contributed by atoms with Crippen LogP contribution in [-0.2, 0) is 31.3 Å². The van der Waals surface area contributed by atoms with E-state index in [0.717, 1.165) is 81.9 Å². The summed E-state index contributed by atoms with van der Waals surface area (Å²) in [7, 11) is -1.74. The van der Waals surface area contributed by atoms with E-state index >= 15 is 4.39 Å². The van der Waals surface area contributed by atoms with Gasteiger partial charge in [0, 0.05) is 68.6 Å². The van der Waals surface area contributed by atoms with Gasteiger partial charge in [-0.25, -0.2) is 22.6 Å². The zero-order chi connectivity index (χ0) is 34.2. The van der Waals surface area contributed by atoms with Gasteiger partial charge in [-0.2, -0.15) is 0 Å². The molecule has 0 unspecified atom stereocenters. The molecule has 1 aromatic heterocycles. The summed E-state index contributed by atoms with van der Waals surface area (Å²) in [6, 6.07) is 14.4. The summed E-state index contributed by atoms with van der Waals surface area (Å²) in [5, 5.41) is 2.21. The highest BCUT2D eigenvalue weighted by Gasteiger charge is 2.53. The summed E-state index contributed by atoms with van der Waals surface area (Å²) < 4.78 is 53.8. The van der Waals surface area contributed by atoms with Gasteiger partial charge in [0.2, 0.25) is 0 Å². The summed E-state index contributed by atoms with van der Waals surface area (Å²) in [6.07, 6.45) is 7.75. The molecule has 1 N–H and O–H groups in total. The van der Waals surface area contributed by atoms with Gasteiger partial charge in [0.1, 0.15) is 23.0 Å². The summed E-state index contributed by atoms with van der Waals surface area (Å²) >= 11 is 0. The quantitative estimate of drug-likeness (QED) is 0.305. The molecule has 0 radical (unpaired) electrons. The highest BCUT2D eigenvalue weighted by molar-refractivity contribution is 7.92. The first kappa shape index (κ1) is 34.0. The third-order valence-electron chi connectivity index (χ3n) is 11.7. The highest BCUT2D eigenvalue weighted by Crippen LogP contribution is 2.52. The molecule has 2 aromatic carbocycles. The molecule has 0 bridgehead atoms. The molecular formula is C37H48FN5O5S. The van der Waals surface area contributed by atoms with Gasteiger partial charge in [-0.1, -0.05) is 12.1 Å². The van der Waals surface area contributed by atoms with Crippen LogP contribution < -0.4 is 10.2 Å². The van der Waals surface area contributed by atoms with Gasteiger partial charge in [0.25, 0.3) is 0 Å². The number of rotatable bonds is 11. The zero-order valence-corrected chi connectivity index (χ0v) is 29.3. The highest BCUT2D eigenvalue weighted by atomic mass is 32.2. The first-order chi connectivity index (χ1) is 23.7. The Labute approximate surface area is 288 Å². The Morgan fingerprint density at radius 2 is 1.84 bits per heavy atom. The van der Waals surface area contributed by atoms with Crippen molar-refractivity contribution in [2.24, 2.45) is 17.8 Å². The number of alkyl carbamates (subject to hydrolysis) is 1. The van der Waals surface area contributed by atoms with Crippen LogP contribution in [0, 0.1) is 30.5 Å². The van der Waals surface area contributed by atoms with E-state index in [-0.39, 0.29) is 37.0 Å². The second-order valence-electron chi connectivity index (χ2n) is 14.4. The second kappa shape index (κ2) is 14.0. The molecule has 4 fully saturated rings. The fourth-order valence-corrected chi connectivity index (χ4v) is 10.3. The third kappa shape index (κ3) is 6.71. The Kier molecular flexibility index (Phi) is 9.73. The van der Waals surface area contributed by atoms with Crippen molar-refractivity contribution in [1.82, 2.24) is 19.8 Å². The predicted molar refractivity (Wildman–Crippen MR) is 185 cm³/mol. The molecule has 264 valence electrons. The van der Waals surface area contributed by atoms with E-state index < -0.39 is 26.6 Å². The van der Waals surface area contributed by atoms with Gasteiger partial charge in [-0.15, -0.1) is 0 Å². The Balaban J connectivity index is 1.05. The molecule has 3 atom stereocenters. The van der Waals surface area contributed by atoms with Crippen LogP contribution in [0.5, 0.6) is 0 Å². The number of likely N-dealkylation sites (tertiary alicyclic amines) is 1. The molecule has 4 heterocycles. The number of anilines is 1. The molecule has 12 heteroatoms. The minimum absolute atomic E-state index is 0.0357. The van der Waals surface area contributed by atoms with Gasteiger partial charge in [0.05, 0.1) is 18.1 Å². The van der Waals surface area contributed by atoms with Gasteiger partial charge in [-0.05, 0) is 100.0 Å². The first-order valence-electron chi connectivity index (χ1n) is 17.7. The number of ether oxygens (including phenoxy) is 2. The van der Waals surface area contributed by atoms with E-state index in [2.05, 4.69) is 30.7 Å². The Morgan fingerprint density at radius 1 is 1.08 bits per heavy atom.